The van der Waals surface area contributed by atoms with Gasteiger partial charge in [-0.1, -0.05) is 18.2 Å². The van der Waals surface area contributed by atoms with E-state index in [1.807, 2.05) is 30.5 Å². The average molecular weight is 431 g/mol. The van der Waals surface area contributed by atoms with Crippen LogP contribution in [0.1, 0.15) is 31.7 Å². The van der Waals surface area contributed by atoms with E-state index in [9.17, 15) is 18.7 Å². The third-order valence-electron chi connectivity index (χ3n) is 5.90. The number of benzene rings is 1. The molecule has 0 radical (unpaired) electrons. The number of fused-ring (bicyclic) bond motifs is 4. The Morgan fingerprint density at radius 2 is 1.84 bits per heavy atom. The number of halogens is 1. The second kappa shape index (κ2) is 8.53. The maximum atomic E-state index is 13.7. The summed E-state index contributed by atoms with van der Waals surface area (Å²) in [6, 6.07) is 7.80. The number of aromatic nitrogens is 1. The average Bonchev–Trinajstić information content (AvgIpc) is 3.16. The lowest BCUT2D eigenvalue weighted by Gasteiger charge is -2.54. The van der Waals surface area contributed by atoms with Crippen LogP contribution in [-0.4, -0.2) is 54.8 Å². The van der Waals surface area contributed by atoms with Gasteiger partial charge in [0.05, 0.1) is 5.54 Å². The van der Waals surface area contributed by atoms with E-state index >= 15 is 0 Å². The quantitative estimate of drug-likeness (QED) is 0.589. The highest BCUT2D eigenvalue weighted by atomic mass is 19.1. The zero-order chi connectivity index (χ0) is 22.1. The van der Waals surface area contributed by atoms with Crippen LogP contribution in [0.3, 0.4) is 0 Å². The zero-order valence-corrected chi connectivity index (χ0v) is 17.3. The van der Waals surface area contributed by atoms with Crippen molar-refractivity contribution in [1.29, 1.82) is 0 Å². The van der Waals surface area contributed by atoms with Crippen molar-refractivity contribution in [2.45, 2.75) is 38.1 Å². The third kappa shape index (κ3) is 4.86. The molecule has 31 heavy (non-hydrogen) atoms. The van der Waals surface area contributed by atoms with Gasteiger partial charge < -0.3 is 28.6 Å². The Balaban J connectivity index is 1.28. The van der Waals surface area contributed by atoms with E-state index in [2.05, 4.69) is 10.3 Å². The number of nitrogens with one attached hydrogen (secondary N) is 2. The van der Waals surface area contributed by atoms with Crippen LogP contribution >= 0.6 is 0 Å². The van der Waals surface area contributed by atoms with E-state index in [0.29, 0.717) is 6.42 Å². The first-order valence-electron chi connectivity index (χ1n) is 10.4. The Morgan fingerprint density at radius 3 is 2.52 bits per heavy atom. The molecule has 2 aromatic rings. The Kier molecular flexibility index (Phi) is 5.96. The predicted molar refractivity (Wildman–Crippen MR) is 111 cm³/mol. The lowest BCUT2D eigenvalue weighted by molar-refractivity contribution is -0.147. The Morgan fingerprint density at radius 1 is 1.16 bits per heavy atom. The normalized spacial score (nSPS) is 26.0. The number of hydrogen-bond donors (Lipinski definition) is 2. The summed E-state index contributed by atoms with van der Waals surface area (Å²) in [6.45, 7) is 1.36. The minimum atomic E-state index is -3.19. The van der Waals surface area contributed by atoms with Gasteiger partial charge in [-0.3, -0.25) is 14.4 Å². The molecule has 5 rings (SSSR count). The van der Waals surface area contributed by atoms with Crippen LogP contribution in [0.4, 0.5) is 4.32 Å². The number of Topliss-reactive ketones (excluding diaryl/α,β-unsaturated/α-hetero) is 2. The number of aromatic amines is 1. The second-order valence-electron chi connectivity index (χ2n) is 8.43. The van der Waals surface area contributed by atoms with Crippen LogP contribution in [-0.2, 0) is 34.8 Å². The molecule has 0 spiro atoms. The molecule has 1 amide bonds. The summed E-state index contributed by atoms with van der Waals surface area (Å²) < 4.78 is 28.4. The molecule has 1 aromatic carbocycles. The Bertz CT molecular complexity index is 984. The molecule has 10 heteroatoms. The number of carbonyl (C=O) groups is 3. The van der Waals surface area contributed by atoms with Gasteiger partial charge >= 0.3 is 7.03 Å². The van der Waals surface area contributed by atoms with Crippen molar-refractivity contribution in [3.8, 4) is 0 Å². The van der Waals surface area contributed by atoms with Gasteiger partial charge in [0.2, 0.25) is 5.91 Å². The lowest BCUT2D eigenvalue weighted by Crippen LogP contribution is -2.71. The van der Waals surface area contributed by atoms with Crippen molar-refractivity contribution in [1.82, 2.24) is 10.3 Å². The minimum Gasteiger partial charge on any atom is -0.513 e. The molecule has 166 valence electrons. The number of rotatable bonds is 9. The number of carbonyl (C=O) groups excluding carboxylic acids is 3. The van der Waals surface area contributed by atoms with Gasteiger partial charge in [-0.2, -0.15) is 0 Å². The molecule has 4 heterocycles. The molecule has 3 fully saturated rings. The molecule has 3 aliphatic heterocycles. The van der Waals surface area contributed by atoms with Gasteiger partial charge in [-0.05, 0) is 25.0 Å². The fourth-order valence-corrected chi connectivity index (χ4v) is 4.07. The molecule has 1 unspecified atom stereocenters. The molecule has 0 aliphatic carbocycles. The highest BCUT2D eigenvalue weighted by molar-refractivity contribution is 6.53. The van der Waals surface area contributed by atoms with E-state index in [1.54, 1.807) is 0 Å². The Hall–Kier alpha value is -2.56. The third-order valence-corrected chi connectivity index (χ3v) is 5.90. The van der Waals surface area contributed by atoms with E-state index in [4.69, 9.17) is 14.0 Å². The molecule has 1 atom stereocenters. The van der Waals surface area contributed by atoms with Crippen molar-refractivity contribution in [3.05, 3.63) is 36.0 Å². The van der Waals surface area contributed by atoms with Crippen LogP contribution in [0.25, 0.3) is 10.9 Å². The van der Waals surface area contributed by atoms with E-state index in [-0.39, 0.29) is 56.6 Å². The summed E-state index contributed by atoms with van der Waals surface area (Å²) in [5.41, 5.74) is 1.03. The van der Waals surface area contributed by atoms with E-state index in [1.165, 1.54) is 6.92 Å². The SMILES string of the molecule is CC(=O)C(CC(=O)CCC(=O)NC12CO[B-](F)(OC1)OC2)Cc1c[nH]c2ccccc12. The van der Waals surface area contributed by atoms with Crippen molar-refractivity contribution >= 4 is 35.4 Å². The molecule has 8 nitrogen and oxygen atoms in total. The summed E-state index contributed by atoms with van der Waals surface area (Å²) >= 11 is 0. The van der Waals surface area contributed by atoms with E-state index < -0.39 is 18.5 Å². The van der Waals surface area contributed by atoms with Crippen LogP contribution in [0.5, 0.6) is 0 Å². The molecule has 3 saturated heterocycles. The highest BCUT2D eigenvalue weighted by Gasteiger charge is 2.50. The number of ketones is 2. The van der Waals surface area contributed by atoms with Crippen LogP contribution in [0, 0.1) is 5.92 Å². The number of hydrogen-bond acceptors (Lipinski definition) is 6. The predicted octanol–water partition coefficient (Wildman–Crippen LogP) is 1.99. The maximum Gasteiger partial charge on any atom is 0.566 e. The largest absolute Gasteiger partial charge is 0.566 e. The zero-order valence-electron chi connectivity index (χ0n) is 17.3. The lowest BCUT2D eigenvalue weighted by atomic mass is 9.89. The summed E-state index contributed by atoms with van der Waals surface area (Å²) in [5, 5.41) is 3.76. The van der Waals surface area contributed by atoms with Gasteiger partial charge in [-0.25, -0.2) is 0 Å². The number of H-pyrrole nitrogens is 1. The first-order chi connectivity index (χ1) is 14.8. The summed E-state index contributed by atoms with van der Waals surface area (Å²) in [7, 11) is -3.19. The topological polar surface area (TPSA) is 107 Å². The molecule has 1 aromatic heterocycles. The van der Waals surface area contributed by atoms with Crippen LogP contribution in [0.2, 0.25) is 0 Å². The minimum absolute atomic E-state index is 0.0130. The van der Waals surface area contributed by atoms with Gasteiger partial charge in [-0.15, -0.1) is 0 Å². The van der Waals surface area contributed by atoms with Gasteiger partial charge in [0, 0.05) is 62.1 Å². The Labute approximate surface area is 178 Å². The second-order valence-corrected chi connectivity index (χ2v) is 8.43. The molecular formula is C21H25BFN2O6-. The standard InChI is InChI=1S/C21H25BFN2O6/c1-14(26)15(8-16-10-24-19-5-3-2-4-18(16)19)9-17(27)6-7-20(28)25-21-11-29-22(23,30-12-21)31-13-21/h2-5,10,15,24H,6-9,11-13H2,1H3,(H,25,28)/q-1. The monoisotopic (exact) mass is 431 g/mol. The molecular weight excluding hydrogens is 406 g/mol. The smallest absolute Gasteiger partial charge is 0.513 e. The highest BCUT2D eigenvalue weighted by Crippen LogP contribution is 2.30. The maximum absolute atomic E-state index is 13.7. The number of amides is 1. The van der Waals surface area contributed by atoms with Crippen LogP contribution < -0.4 is 5.32 Å². The van der Waals surface area contributed by atoms with Crippen LogP contribution in [0.15, 0.2) is 30.5 Å². The first-order valence-corrected chi connectivity index (χ1v) is 10.4. The molecule has 3 aliphatic rings. The van der Waals surface area contributed by atoms with Gasteiger partial charge in [0.25, 0.3) is 0 Å². The molecule has 0 saturated carbocycles. The van der Waals surface area contributed by atoms with Crippen molar-refractivity contribution in [3.63, 3.8) is 0 Å². The summed E-state index contributed by atoms with van der Waals surface area (Å²) in [5.74, 6) is -1.04. The van der Waals surface area contributed by atoms with E-state index in [0.717, 1.165) is 16.5 Å². The molecule has 2 bridgehead atoms. The van der Waals surface area contributed by atoms with Crippen molar-refractivity contribution in [2.75, 3.05) is 19.8 Å². The van der Waals surface area contributed by atoms with Gasteiger partial charge in [0.15, 0.2) is 0 Å². The van der Waals surface area contributed by atoms with Crippen molar-refractivity contribution in [2.24, 2.45) is 5.92 Å². The summed E-state index contributed by atoms with van der Waals surface area (Å²) in [4.78, 5) is 40.1. The van der Waals surface area contributed by atoms with Gasteiger partial charge in [0.1, 0.15) is 11.6 Å². The summed E-state index contributed by atoms with van der Waals surface area (Å²) in [6.07, 6.45) is 2.38. The fourth-order valence-electron chi connectivity index (χ4n) is 4.07. The van der Waals surface area contributed by atoms with Crippen molar-refractivity contribution < 1.29 is 32.7 Å². The number of para-hydroxylation sites is 1. The first kappa shape index (κ1) is 21.7. The molecule has 2 N–H and O–H groups in total. The fraction of sp³-hybridized carbons (Fsp3) is 0.476.